The van der Waals surface area contributed by atoms with Gasteiger partial charge < -0.3 is 4.79 Å². The number of carbonyl (C=O) groups excluding carboxylic acids is 1. The van der Waals surface area contributed by atoms with Crippen LogP contribution in [-0.4, -0.2) is 6.29 Å². The molecular weight excluding hydrogens is 172 g/mol. The second kappa shape index (κ2) is 9.23. The largest absolute Gasteiger partial charge is 0.303 e. The van der Waals surface area contributed by atoms with Gasteiger partial charge in [0.25, 0.3) is 0 Å². The second-order valence-corrected chi connectivity index (χ2v) is 4.51. The van der Waals surface area contributed by atoms with E-state index in [0.29, 0.717) is 5.92 Å². The Labute approximate surface area is 89.3 Å². The van der Waals surface area contributed by atoms with E-state index in [1.807, 2.05) is 0 Å². The van der Waals surface area contributed by atoms with Crippen molar-refractivity contribution in [3.8, 4) is 0 Å². The Morgan fingerprint density at radius 2 is 1.93 bits per heavy atom. The normalized spacial score (nSPS) is 15.1. The summed E-state index contributed by atoms with van der Waals surface area (Å²) in [6.45, 7) is 6.75. The molecule has 2 unspecified atom stereocenters. The van der Waals surface area contributed by atoms with Crippen LogP contribution in [0.2, 0.25) is 0 Å². The first kappa shape index (κ1) is 13.7. The molecule has 0 amide bonds. The number of hydrogen-bond acceptors (Lipinski definition) is 1. The molecule has 0 radical (unpaired) electrons. The van der Waals surface area contributed by atoms with Crippen molar-refractivity contribution in [1.29, 1.82) is 0 Å². The number of rotatable bonds is 9. The van der Waals surface area contributed by atoms with E-state index in [0.717, 1.165) is 25.0 Å². The van der Waals surface area contributed by atoms with Crippen LogP contribution in [0.3, 0.4) is 0 Å². The third-order valence-electron chi connectivity index (χ3n) is 3.04. The monoisotopic (exact) mass is 198 g/mol. The van der Waals surface area contributed by atoms with Gasteiger partial charge in [0.1, 0.15) is 6.29 Å². The van der Waals surface area contributed by atoms with Gasteiger partial charge in [0.15, 0.2) is 0 Å². The zero-order valence-corrected chi connectivity index (χ0v) is 10.1. The Bertz CT molecular complexity index is 131. The van der Waals surface area contributed by atoms with E-state index in [-0.39, 0.29) is 0 Å². The molecule has 0 saturated carbocycles. The van der Waals surface area contributed by atoms with E-state index in [2.05, 4.69) is 20.8 Å². The van der Waals surface area contributed by atoms with Gasteiger partial charge in [-0.25, -0.2) is 0 Å². The van der Waals surface area contributed by atoms with E-state index in [4.69, 9.17) is 0 Å². The van der Waals surface area contributed by atoms with Crippen LogP contribution in [0.5, 0.6) is 0 Å². The molecule has 0 aromatic heterocycles. The lowest BCUT2D eigenvalue weighted by Gasteiger charge is -2.17. The molecule has 0 aromatic carbocycles. The highest BCUT2D eigenvalue weighted by Crippen LogP contribution is 2.22. The predicted octanol–water partition coefficient (Wildman–Crippen LogP) is 4.21. The second-order valence-electron chi connectivity index (χ2n) is 4.51. The fraction of sp³-hybridized carbons (Fsp3) is 0.923. The summed E-state index contributed by atoms with van der Waals surface area (Å²) >= 11 is 0. The van der Waals surface area contributed by atoms with Gasteiger partial charge >= 0.3 is 0 Å². The Morgan fingerprint density at radius 1 is 1.21 bits per heavy atom. The lowest BCUT2D eigenvalue weighted by atomic mass is 9.88. The van der Waals surface area contributed by atoms with E-state index in [9.17, 15) is 4.79 Å². The summed E-state index contributed by atoms with van der Waals surface area (Å²) in [5.74, 6) is 1.43. The first-order valence-corrected chi connectivity index (χ1v) is 6.18. The van der Waals surface area contributed by atoms with Gasteiger partial charge in [-0.15, -0.1) is 0 Å². The Morgan fingerprint density at radius 3 is 2.43 bits per heavy atom. The van der Waals surface area contributed by atoms with Crippen molar-refractivity contribution in [2.75, 3.05) is 0 Å². The van der Waals surface area contributed by atoms with E-state index in [1.54, 1.807) is 0 Å². The van der Waals surface area contributed by atoms with Gasteiger partial charge in [-0.1, -0.05) is 52.9 Å². The van der Waals surface area contributed by atoms with Crippen LogP contribution in [0.25, 0.3) is 0 Å². The minimum atomic E-state index is 0.629. The van der Waals surface area contributed by atoms with Crippen LogP contribution in [0.4, 0.5) is 0 Å². The third kappa shape index (κ3) is 7.11. The first-order chi connectivity index (χ1) is 6.74. The molecule has 84 valence electrons. The van der Waals surface area contributed by atoms with Crippen LogP contribution in [0, 0.1) is 11.8 Å². The maximum atomic E-state index is 10.4. The smallest absolute Gasteiger partial charge is 0.120 e. The standard InChI is InChI=1S/C13H26O/c1-4-6-7-8-12(3)11-13(5-2)9-10-14/h10,12-13H,4-9,11H2,1-3H3. The zero-order chi connectivity index (χ0) is 10.8. The highest BCUT2D eigenvalue weighted by molar-refractivity contribution is 5.49. The van der Waals surface area contributed by atoms with Crippen LogP contribution < -0.4 is 0 Å². The number of hydrogen-bond donors (Lipinski definition) is 0. The first-order valence-electron chi connectivity index (χ1n) is 6.18. The average molecular weight is 198 g/mol. The predicted molar refractivity (Wildman–Crippen MR) is 62.4 cm³/mol. The molecule has 0 saturated heterocycles. The van der Waals surface area contributed by atoms with Gasteiger partial charge in [0.2, 0.25) is 0 Å². The molecule has 0 spiro atoms. The van der Waals surface area contributed by atoms with Crippen molar-refractivity contribution in [2.45, 2.75) is 65.7 Å². The van der Waals surface area contributed by atoms with Crippen LogP contribution in [0.15, 0.2) is 0 Å². The molecule has 2 atom stereocenters. The summed E-state index contributed by atoms with van der Waals surface area (Å²) in [4.78, 5) is 10.4. The van der Waals surface area contributed by atoms with Gasteiger partial charge in [-0.05, 0) is 18.3 Å². The lowest BCUT2D eigenvalue weighted by molar-refractivity contribution is -0.108. The van der Waals surface area contributed by atoms with Gasteiger partial charge in [0.05, 0.1) is 0 Å². The van der Waals surface area contributed by atoms with Crippen molar-refractivity contribution in [1.82, 2.24) is 0 Å². The van der Waals surface area contributed by atoms with Crippen molar-refractivity contribution in [3.63, 3.8) is 0 Å². The van der Waals surface area contributed by atoms with Crippen molar-refractivity contribution < 1.29 is 4.79 Å². The molecule has 0 aliphatic rings. The summed E-state index contributed by atoms with van der Waals surface area (Å²) in [6, 6.07) is 0. The number of unbranched alkanes of at least 4 members (excludes halogenated alkanes) is 2. The van der Waals surface area contributed by atoms with E-state index >= 15 is 0 Å². The van der Waals surface area contributed by atoms with E-state index in [1.165, 1.54) is 32.1 Å². The summed E-state index contributed by atoms with van der Waals surface area (Å²) in [5.41, 5.74) is 0. The molecule has 0 aromatic rings. The molecule has 0 aliphatic heterocycles. The number of carbonyl (C=O) groups is 1. The SMILES string of the molecule is CCCCCC(C)CC(CC)CC=O. The average Bonchev–Trinajstić information content (AvgIpc) is 2.17. The molecule has 1 nitrogen and oxygen atoms in total. The topological polar surface area (TPSA) is 17.1 Å². The lowest BCUT2D eigenvalue weighted by Crippen LogP contribution is -2.06. The molecule has 0 heterocycles. The summed E-state index contributed by atoms with van der Waals surface area (Å²) in [5, 5.41) is 0. The van der Waals surface area contributed by atoms with Crippen LogP contribution in [-0.2, 0) is 4.79 Å². The number of aldehydes is 1. The highest BCUT2D eigenvalue weighted by atomic mass is 16.1. The van der Waals surface area contributed by atoms with Crippen molar-refractivity contribution in [3.05, 3.63) is 0 Å². The van der Waals surface area contributed by atoms with Gasteiger partial charge in [-0.2, -0.15) is 0 Å². The Hall–Kier alpha value is -0.330. The quantitative estimate of drug-likeness (QED) is 0.400. The summed E-state index contributed by atoms with van der Waals surface area (Å²) in [6.07, 6.45) is 9.57. The fourth-order valence-corrected chi connectivity index (χ4v) is 2.00. The highest BCUT2D eigenvalue weighted by Gasteiger charge is 2.10. The zero-order valence-electron chi connectivity index (χ0n) is 10.1. The summed E-state index contributed by atoms with van der Waals surface area (Å²) < 4.78 is 0. The third-order valence-corrected chi connectivity index (χ3v) is 3.04. The minimum absolute atomic E-state index is 0.629. The fourth-order valence-electron chi connectivity index (χ4n) is 2.00. The summed E-state index contributed by atoms with van der Waals surface area (Å²) in [7, 11) is 0. The van der Waals surface area contributed by atoms with Crippen LogP contribution >= 0.6 is 0 Å². The van der Waals surface area contributed by atoms with Crippen LogP contribution in [0.1, 0.15) is 65.7 Å². The molecule has 0 bridgehead atoms. The molecule has 0 fully saturated rings. The van der Waals surface area contributed by atoms with Crippen molar-refractivity contribution >= 4 is 6.29 Å². The molecule has 0 N–H and O–H groups in total. The van der Waals surface area contributed by atoms with Gasteiger partial charge in [0, 0.05) is 6.42 Å². The molecular formula is C13H26O. The maximum Gasteiger partial charge on any atom is 0.120 e. The maximum absolute atomic E-state index is 10.4. The van der Waals surface area contributed by atoms with Gasteiger partial charge in [-0.3, -0.25) is 0 Å². The van der Waals surface area contributed by atoms with Crippen molar-refractivity contribution in [2.24, 2.45) is 11.8 Å². The molecule has 0 rings (SSSR count). The Kier molecular flexibility index (Phi) is 9.02. The van der Waals surface area contributed by atoms with E-state index < -0.39 is 0 Å². The minimum Gasteiger partial charge on any atom is -0.303 e. The Balaban J connectivity index is 3.55. The molecule has 0 aliphatic carbocycles. The molecule has 1 heteroatoms. The molecule has 14 heavy (non-hydrogen) atoms.